The third-order valence-electron chi connectivity index (χ3n) is 7.18. The number of carbonyl (C=O) groups excluding carboxylic acids is 3. The van der Waals surface area contributed by atoms with Gasteiger partial charge in [0, 0.05) is 40.1 Å². The molecule has 3 aromatic carbocycles. The molecule has 1 aromatic heterocycles. The van der Waals surface area contributed by atoms with Gasteiger partial charge in [0.1, 0.15) is 5.00 Å². The summed E-state index contributed by atoms with van der Waals surface area (Å²) in [4.78, 5) is 43.3. The van der Waals surface area contributed by atoms with Gasteiger partial charge in [0.25, 0.3) is 0 Å². The van der Waals surface area contributed by atoms with Crippen LogP contribution >= 0.6 is 34.7 Å². The minimum absolute atomic E-state index is 0.143. The first kappa shape index (κ1) is 31.8. The maximum Gasteiger partial charge on any atom is 0.341 e. The van der Waals surface area contributed by atoms with Gasteiger partial charge in [-0.1, -0.05) is 60.1 Å². The van der Waals surface area contributed by atoms with Gasteiger partial charge in [0.15, 0.2) is 0 Å². The molecule has 1 aliphatic heterocycles. The van der Waals surface area contributed by atoms with Crippen molar-refractivity contribution in [1.82, 2.24) is 4.90 Å². The molecule has 0 saturated heterocycles. The highest BCUT2D eigenvalue weighted by atomic mass is 35.5. The number of nitrogens with zero attached hydrogens (tertiary/aromatic N) is 1. The first-order valence-electron chi connectivity index (χ1n) is 14.5. The van der Waals surface area contributed by atoms with Gasteiger partial charge in [0.2, 0.25) is 11.8 Å². The summed E-state index contributed by atoms with van der Waals surface area (Å²) >= 11 is 8.78. The Labute approximate surface area is 271 Å². The van der Waals surface area contributed by atoms with Crippen molar-refractivity contribution in [2.75, 3.05) is 23.8 Å². The number of halogens is 1. The predicted octanol–water partition coefficient (Wildman–Crippen LogP) is 7.44. The van der Waals surface area contributed by atoms with Crippen molar-refractivity contribution < 1.29 is 19.1 Å². The molecule has 228 valence electrons. The molecule has 0 bridgehead atoms. The lowest BCUT2D eigenvalue weighted by atomic mass is 10.0. The van der Waals surface area contributed by atoms with Crippen LogP contribution in [0.5, 0.6) is 0 Å². The predicted molar refractivity (Wildman–Crippen MR) is 179 cm³/mol. The zero-order valence-corrected chi connectivity index (χ0v) is 27.0. The average Bonchev–Trinajstić information content (AvgIpc) is 3.36. The number of nitrogens with one attached hydrogen (secondary N) is 2. The third kappa shape index (κ3) is 8.30. The van der Waals surface area contributed by atoms with Crippen LogP contribution in [0.15, 0.2) is 83.8 Å². The summed E-state index contributed by atoms with van der Waals surface area (Å²) in [5, 5.41) is 6.66. The fourth-order valence-electron chi connectivity index (χ4n) is 5.05. The van der Waals surface area contributed by atoms with Gasteiger partial charge in [-0.15, -0.1) is 23.1 Å². The van der Waals surface area contributed by atoms with Crippen LogP contribution in [0.1, 0.15) is 45.8 Å². The molecule has 1 atom stereocenters. The zero-order valence-electron chi connectivity index (χ0n) is 24.6. The van der Waals surface area contributed by atoms with Crippen LogP contribution in [0, 0.1) is 0 Å². The van der Waals surface area contributed by atoms with Crippen LogP contribution < -0.4 is 10.6 Å². The monoisotopic (exact) mass is 647 g/mol. The number of carbonyl (C=O) groups is 3. The number of rotatable bonds is 11. The van der Waals surface area contributed by atoms with E-state index in [1.54, 1.807) is 19.1 Å². The Kier molecular flexibility index (Phi) is 10.8. The Morgan fingerprint density at radius 1 is 1.00 bits per heavy atom. The summed E-state index contributed by atoms with van der Waals surface area (Å²) in [5.74, 6) is -0.757. The number of anilines is 2. The number of hydrogen-bond donors (Lipinski definition) is 2. The lowest BCUT2D eigenvalue weighted by Gasteiger charge is -2.27. The van der Waals surface area contributed by atoms with Crippen LogP contribution in [-0.4, -0.2) is 41.1 Å². The van der Waals surface area contributed by atoms with E-state index in [1.165, 1.54) is 28.7 Å². The van der Waals surface area contributed by atoms with Crippen molar-refractivity contribution in [3.05, 3.63) is 111 Å². The lowest BCUT2D eigenvalue weighted by molar-refractivity contribution is -0.116. The van der Waals surface area contributed by atoms with Crippen LogP contribution in [0.2, 0.25) is 5.02 Å². The first-order chi connectivity index (χ1) is 21.3. The molecule has 1 aliphatic rings. The molecule has 2 N–H and O–H groups in total. The molecular weight excluding hydrogens is 614 g/mol. The van der Waals surface area contributed by atoms with Crippen LogP contribution in [0.3, 0.4) is 0 Å². The van der Waals surface area contributed by atoms with Crippen LogP contribution in [0.4, 0.5) is 10.7 Å². The Hall–Kier alpha value is -3.63. The van der Waals surface area contributed by atoms with Crippen molar-refractivity contribution in [3.8, 4) is 0 Å². The number of benzene rings is 3. The molecule has 2 amide bonds. The molecule has 10 heteroatoms. The SMILES string of the molecule is CCOC(=O)c1c(NC(=O)C(C)Sc2cccc(NC(=O)Cc3ccc(Cl)cc3)c2)sc2c1CCN(Cc1ccccc1)C2. The largest absolute Gasteiger partial charge is 0.462 e. The Morgan fingerprint density at radius 2 is 1.77 bits per heavy atom. The second-order valence-electron chi connectivity index (χ2n) is 10.5. The second-order valence-corrected chi connectivity index (χ2v) is 13.5. The van der Waals surface area contributed by atoms with E-state index < -0.39 is 11.2 Å². The number of amides is 2. The Bertz CT molecular complexity index is 1630. The summed E-state index contributed by atoms with van der Waals surface area (Å²) in [5.41, 5.74) is 4.20. The van der Waals surface area contributed by atoms with Crippen molar-refractivity contribution in [3.63, 3.8) is 0 Å². The number of esters is 1. The standard InChI is InChI=1S/C34H34ClN3O4S2/c1-3-42-34(41)31-28-16-17-38(20-24-8-5-4-6-9-24)21-29(28)44-33(31)37-32(40)22(2)43-27-11-7-10-26(19-27)36-30(39)18-23-12-14-25(35)15-13-23/h4-15,19,22H,3,16-18,20-21H2,1-2H3,(H,36,39)(H,37,40). The maximum absolute atomic E-state index is 13.4. The van der Waals surface area contributed by atoms with E-state index in [9.17, 15) is 14.4 Å². The molecule has 0 fully saturated rings. The molecule has 2 heterocycles. The molecule has 0 aliphatic carbocycles. The number of thiophene rings is 1. The fraction of sp³-hybridized carbons (Fsp3) is 0.265. The quantitative estimate of drug-likeness (QED) is 0.130. The zero-order chi connectivity index (χ0) is 31.1. The van der Waals surface area contributed by atoms with Gasteiger partial charge < -0.3 is 15.4 Å². The maximum atomic E-state index is 13.4. The van der Waals surface area contributed by atoms with Crippen molar-refractivity contribution in [1.29, 1.82) is 0 Å². The van der Waals surface area contributed by atoms with E-state index >= 15 is 0 Å². The normalized spacial score (nSPS) is 13.5. The van der Waals surface area contributed by atoms with Gasteiger partial charge in [-0.05, 0) is 67.3 Å². The first-order valence-corrected chi connectivity index (χ1v) is 16.6. The number of hydrogen-bond acceptors (Lipinski definition) is 7. The van der Waals surface area contributed by atoms with Gasteiger partial charge >= 0.3 is 5.97 Å². The molecule has 7 nitrogen and oxygen atoms in total. The van der Waals surface area contributed by atoms with Crippen LogP contribution in [0.25, 0.3) is 0 Å². The van der Waals surface area contributed by atoms with Gasteiger partial charge in [-0.2, -0.15) is 0 Å². The summed E-state index contributed by atoms with van der Waals surface area (Å²) in [7, 11) is 0. The van der Waals surface area contributed by atoms with E-state index in [-0.39, 0.29) is 24.8 Å². The highest BCUT2D eigenvalue weighted by Crippen LogP contribution is 2.38. The summed E-state index contributed by atoms with van der Waals surface area (Å²) in [6.45, 7) is 6.21. The molecular formula is C34H34ClN3O4S2. The second kappa shape index (κ2) is 14.9. The van der Waals surface area contributed by atoms with E-state index in [1.807, 2.05) is 61.5 Å². The highest BCUT2D eigenvalue weighted by Gasteiger charge is 2.30. The molecule has 4 aromatic rings. The number of thioether (sulfide) groups is 1. The fourth-order valence-corrected chi connectivity index (χ4v) is 7.38. The Morgan fingerprint density at radius 3 is 2.52 bits per heavy atom. The van der Waals surface area contributed by atoms with E-state index in [4.69, 9.17) is 16.3 Å². The van der Waals surface area contributed by atoms with Crippen molar-refractivity contribution in [2.24, 2.45) is 0 Å². The minimum Gasteiger partial charge on any atom is -0.462 e. The van der Waals surface area contributed by atoms with Gasteiger partial charge in [-0.25, -0.2) is 4.79 Å². The number of fused-ring (bicyclic) bond motifs is 1. The van der Waals surface area contributed by atoms with Crippen molar-refractivity contribution >= 4 is 63.2 Å². The summed E-state index contributed by atoms with van der Waals surface area (Å²) < 4.78 is 5.40. The molecule has 44 heavy (non-hydrogen) atoms. The topological polar surface area (TPSA) is 87.7 Å². The minimum atomic E-state index is -0.459. The molecule has 1 unspecified atom stereocenters. The smallest absolute Gasteiger partial charge is 0.341 e. The highest BCUT2D eigenvalue weighted by molar-refractivity contribution is 8.00. The van der Waals surface area contributed by atoms with E-state index in [0.29, 0.717) is 34.2 Å². The van der Waals surface area contributed by atoms with Gasteiger partial charge in [0.05, 0.1) is 23.8 Å². The Balaban J connectivity index is 1.24. The number of ether oxygens (including phenoxy) is 1. The van der Waals surface area contributed by atoms with E-state index in [0.717, 1.165) is 34.0 Å². The summed E-state index contributed by atoms with van der Waals surface area (Å²) in [6.07, 6.45) is 0.939. The molecule has 0 saturated carbocycles. The average molecular weight is 648 g/mol. The van der Waals surface area contributed by atoms with Gasteiger partial charge in [-0.3, -0.25) is 14.5 Å². The lowest BCUT2D eigenvalue weighted by Crippen LogP contribution is -2.30. The van der Waals surface area contributed by atoms with E-state index in [2.05, 4.69) is 27.7 Å². The third-order valence-corrected chi connectivity index (χ3v) is 9.66. The van der Waals surface area contributed by atoms with Crippen LogP contribution in [-0.2, 0) is 40.3 Å². The summed E-state index contributed by atoms with van der Waals surface area (Å²) in [6, 6.07) is 24.9. The molecule has 5 rings (SSSR count). The van der Waals surface area contributed by atoms with Crippen molar-refractivity contribution in [2.45, 2.75) is 49.9 Å². The molecule has 0 spiro atoms. The molecule has 0 radical (unpaired) electrons.